The second-order valence-corrected chi connectivity index (χ2v) is 6.48. The van der Waals surface area contributed by atoms with Crippen molar-refractivity contribution >= 4 is 23.4 Å². The van der Waals surface area contributed by atoms with Crippen LogP contribution in [0.15, 0.2) is 48.5 Å². The Kier molecular flexibility index (Phi) is 6.59. The number of carbonyl (C=O) groups excluding carboxylic acids is 2. The van der Waals surface area contributed by atoms with Crippen molar-refractivity contribution in [3.8, 4) is 0 Å². The standard InChI is InChI=1S/C20H23ClN2O2/c1-4-23(13-16-8-6-10-18(21)12-16)20(25)15(3)22-19(24)17-9-5-7-14(2)11-17/h5-12,15H,4,13H2,1-3H3,(H,22,24). The molecule has 0 saturated heterocycles. The molecule has 0 aliphatic carbocycles. The predicted molar refractivity (Wildman–Crippen MR) is 101 cm³/mol. The summed E-state index contributed by atoms with van der Waals surface area (Å²) in [6.45, 7) is 6.56. The van der Waals surface area contributed by atoms with Gasteiger partial charge in [-0.2, -0.15) is 0 Å². The Morgan fingerprint density at radius 2 is 1.88 bits per heavy atom. The summed E-state index contributed by atoms with van der Waals surface area (Å²) in [4.78, 5) is 26.7. The molecule has 2 aromatic carbocycles. The number of halogens is 1. The zero-order valence-electron chi connectivity index (χ0n) is 14.8. The molecule has 0 saturated carbocycles. The molecular weight excluding hydrogens is 336 g/mol. The number of carbonyl (C=O) groups is 2. The molecule has 0 bridgehead atoms. The quantitative estimate of drug-likeness (QED) is 0.853. The maximum absolute atomic E-state index is 12.7. The first kappa shape index (κ1) is 19.0. The third-order valence-electron chi connectivity index (χ3n) is 3.95. The summed E-state index contributed by atoms with van der Waals surface area (Å²) >= 11 is 6.00. The molecule has 0 radical (unpaired) electrons. The average Bonchev–Trinajstić information content (AvgIpc) is 2.59. The van der Waals surface area contributed by atoms with Gasteiger partial charge in [-0.25, -0.2) is 0 Å². The maximum atomic E-state index is 12.7. The van der Waals surface area contributed by atoms with Crippen molar-refractivity contribution < 1.29 is 9.59 Å². The van der Waals surface area contributed by atoms with Gasteiger partial charge in [0.25, 0.3) is 5.91 Å². The van der Waals surface area contributed by atoms with E-state index in [0.717, 1.165) is 11.1 Å². The van der Waals surface area contributed by atoms with Crippen molar-refractivity contribution in [3.63, 3.8) is 0 Å². The SMILES string of the molecule is CCN(Cc1cccc(Cl)c1)C(=O)C(C)NC(=O)c1cccc(C)c1. The number of hydrogen-bond acceptors (Lipinski definition) is 2. The van der Waals surface area contributed by atoms with Gasteiger partial charge < -0.3 is 10.2 Å². The van der Waals surface area contributed by atoms with Crippen LogP contribution in [0.3, 0.4) is 0 Å². The Labute approximate surface area is 153 Å². The van der Waals surface area contributed by atoms with Crippen LogP contribution in [0.5, 0.6) is 0 Å². The normalized spacial score (nSPS) is 11.7. The van der Waals surface area contributed by atoms with Gasteiger partial charge in [0.05, 0.1) is 0 Å². The zero-order chi connectivity index (χ0) is 18.4. The monoisotopic (exact) mass is 358 g/mol. The Hall–Kier alpha value is -2.33. The Bertz CT molecular complexity index is 761. The van der Waals surface area contributed by atoms with Crippen LogP contribution in [0.25, 0.3) is 0 Å². The zero-order valence-corrected chi connectivity index (χ0v) is 15.5. The van der Waals surface area contributed by atoms with E-state index in [1.54, 1.807) is 30.0 Å². The van der Waals surface area contributed by atoms with E-state index in [0.29, 0.717) is 23.7 Å². The number of rotatable bonds is 6. The summed E-state index contributed by atoms with van der Waals surface area (Å²) in [6, 6.07) is 14.1. The number of nitrogens with one attached hydrogen (secondary N) is 1. The van der Waals surface area contributed by atoms with Crippen molar-refractivity contribution in [2.45, 2.75) is 33.4 Å². The molecule has 1 atom stereocenters. The van der Waals surface area contributed by atoms with Crippen LogP contribution in [0.4, 0.5) is 0 Å². The van der Waals surface area contributed by atoms with Crippen LogP contribution >= 0.6 is 11.6 Å². The fraction of sp³-hybridized carbons (Fsp3) is 0.300. The summed E-state index contributed by atoms with van der Waals surface area (Å²) in [5.74, 6) is -0.369. The van der Waals surface area contributed by atoms with Crippen molar-refractivity contribution in [2.24, 2.45) is 0 Å². The molecule has 0 heterocycles. The van der Waals surface area contributed by atoms with E-state index in [2.05, 4.69) is 5.32 Å². The average molecular weight is 359 g/mol. The van der Waals surface area contributed by atoms with Gasteiger partial charge in [-0.1, -0.05) is 41.4 Å². The molecule has 0 aromatic heterocycles. The van der Waals surface area contributed by atoms with Gasteiger partial charge in [0.2, 0.25) is 5.91 Å². The van der Waals surface area contributed by atoms with Gasteiger partial charge in [-0.15, -0.1) is 0 Å². The van der Waals surface area contributed by atoms with Crippen molar-refractivity contribution in [1.82, 2.24) is 10.2 Å². The van der Waals surface area contributed by atoms with E-state index in [1.165, 1.54) is 0 Å². The second-order valence-electron chi connectivity index (χ2n) is 6.05. The third-order valence-corrected chi connectivity index (χ3v) is 4.19. The lowest BCUT2D eigenvalue weighted by molar-refractivity contribution is -0.133. The molecule has 0 spiro atoms. The highest BCUT2D eigenvalue weighted by molar-refractivity contribution is 6.30. The molecule has 0 fully saturated rings. The van der Waals surface area contributed by atoms with Crippen LogP contribution < -0.4 is 5.32 Å². The summed E-state index contributed by atoms with van der Waals surface area (Å²) in [6.07, 6.45) is 0. The molecule has 4 nitrogen and oxygen atoms in total. The molecule has 0 aliphatic heterocycles. The van der Waals surface area contributed by atoms with Gasteiger partial charge in [-0.05, 0) is 50.6 Å². The maximum Gasteiger partial charge on any atom is 0.251 e. The lowest BCUT2D eigenvalue weighted by Gasteiger charge is -2.25. The van der Waals surface area contributed by atoms with E-state index in [4.69, 9.17) is 11.6 Å². The van der Waals surface area contributed by atoms with E-state index in [1.807, 2.05) is 44.2 Å². The molecule has 1 N–H and O–H groups in total. The minimum Gasteiger partial charge on any atom is -0.341 e. The highest BCUT2D eigenvalue weighted by Gasteiger charge is 2.21. The van der Waals surface area contributed by atoms with E-state index >= 15 is 0 Å². The fourth-order valence-electron chi connectivity index (χ4n) is 2.60. The van der Waals surface area contributed by atoms with E-state index in [9.17, 15) is 9.59 Å². The summed E-state index contributed by atoms with van der Waals surface area (Å²) in [5.41, 5.74) is 2.51. The van der Waals surface area contributed by atoms with Crippen molar-refractivity contribution in [1.29, 1.82) is 0 Å². The number of nitrogens with zero attached hydrogens (tertiary/aromatic N) is 1. The van der Waals surface area contributed by atoms with Crippen molar-refractivity contribution in [2.75, 3.05) is 6.54 Å². The highest BCUT2D eigenvalue weighted by atomic mass is 35.5. The molecule has 132 valence electrons. The lowest BCUT2D eigenvalue weighted by Crippen LogP contribution is -2.46. The van der Waals surface area contributed by atoms with Crippen molar-refractivity contribution in [3.05, 3.63) is 70.2 Å². The van der Waals surface area contributed by atoms with Crippen LogP contribution in [-0.2, 0) is 11.3 Å². The predicted octanol–water partition coefficient (Wildman–Crippen LogP) is 3.82. The molecule has 2 rings (SSSR count). The van der Waals surface area contributed by atoms with Gasteiger partial charge in [-0.3, -0.25) is 9.59 Å². The minimum absolute atomic E-state index is 0.122. The third kappa shape index (κ3) is 5.33. The van der Waals surface area contributed by atoms with Gasteiger partial charge in [0.15, 0.2) is 0 Å². The Morgan fingerprint density at radius 1 is 1.16 bits per heavy atom. The number of benzene rings is 2. The van der Waals surface area contributed by atoms with Gasteiger partial charge >= 0.3 is 0 Å². The first-order valence-corrected chi connectivity index (χ1v) is 8.69. The Morgan fingerprint density at radius 3 is 2.52 bits per heavy atom. The van der Waals surface area contributed by atoms with Crippen LogP contribution in [-0.4, -0.2) is 29.3 Å². The van der Waals surface area contributed by atoms with Gasteiger partial charge in [0, 0.05) is 23.7 Å². The Balaban J connectivity index is 2.02. The number of amides is 2. The summed E-state index contributed by atoms with van der Waals surface area (Å²) < 4.78 is 0. The summed E-state index contributed by atoms with van der Waals surface area (Å²) in [5, 5.41) is 3.42. The minimum atomic E-state index is -0.604. The summed E-state index contributed by atoms with van der Waals surface area (Å²) in [7, 11) is 0. The molecule has 25 heavy (non-hydrogen) atoms. The topological polar surface area (TPSA) is 49.4 Å². The smallest absolute Gasteiger partial charge is 0.251 e. The lowest BCUT2D eigenvalue weighted by atomic mass is 10.1. The number of likely N-dealkylation sites (N-methyl/N-ethyl adjacent to an activating group) is 1. The fourth-order valence-corrected chi connectivity index (χ4v) is 2.82. The van der Waals surface area contributed by atoms with E-state index < -0.39 is 6.04 Å². The molecule has 2 amide bonds. The van der Waals surface area contributed by atoms with Gasteiger partial charge in [0.1, 0.15) is 6.04 Å². The largest absolute Gasteiger partial charge is 0.341 e. The highest BCUT2D eigenvalue weighted by Crippen LogP contribution is 2.13. The van der Waals surface area contributed by atoms with Crippen LogP contribution in [0.2, 0.25) is 5.02 Å². The first-order valence-electron chi connectivity index (χ1n) is 8.31. The van der Waals surface area contributed by atoms with E-state index in [-0.39, 0.29) is 11.8 Å². The molecule has 1 unspecified atom stereocenters. The first-order chi connectivity index (χ1) is 11.9. The number of hydrogen-bond donors (Lipinski definition) is 1. The molecule has 5 heteroatoms. The molecule has 2 aromatic rings. The molecule has 0 aliphatic rings. The second kappa shape index (κ2) is 8.67. The number of aryl methyl sites for hydroxylation is 1. The van der Waals surface area contributed by atoms with Crippen LogP contribution in [0.1, 0.15) is 35.3 Å². The molecular formula is C20H23ClN2O2. The van der Waals surface area contributed by atoms with Crippen LogP contribution in [0, 0.1) is 6.92 Å².